The van der Waals surface area contributed by atoms with Gasteiger partial charge in [-0.05, 0) is 37.0 Å². The lowest BCUT2D eigenvalue weighted by molar-refractivity contribution is -0.0473. The minimum atomic E-state index is -3.57. The van der Waals surface area contributed by atoms with Gasteiger partial charge in [-0.3, -0.25) is 0 Å². The predicted octanol–water partition coefficient (Wildman–Crippen LogP) is 3.32. The van der Waals surface area contributed by atoms with E-state index in [0.29, 0.717) is 38.0 Å². The molecule has 0 amide bonds. The van der Waals surface area contributed by atoms with Crippen LogP contribution >= 0.6 is 0 Å². The third kappa shape index (κ3) is 3.92. The summed E-state index contributed by atoms with van der Waals surface area (Å²) >= 11 is 0. The molecule has 9 heteroatoms. The molecule has 29 heavy (non-hydrogen) atoms. The number of hydrogen-bond acceptors (Lipinski definition) is 4. The Balaban J connectivity index is 1.65. The number of sulfonamides is 1. The van der Waals surface area contributed by atoms with Crippen molar-refractivity contribution in [1.29, 1.82) is 0 Å². The largest absolute Gasteiger partial charge is 0.327 e. The second kappa shape index (κ2) is 7.28. The number of imidazole rings is 1. The number of alkyl halides is 2. The number of hydrogen-bond donors (Lipinski definition) is 1. The minimum absolute atomic E-state index is 0.0678. The summed E-state index contributed by atoms with van der Waals surface area (Å²) in [6, 6.07) is 4.91. The monoisotopic (exact) mass is 426 g/mol. The van der Waals surface area contributed by atoms with Crippen LogP contribution in [0.4, 0.5) is 8.78 Å². The number of nitrogens with zero attached hydrogens (tertiary/aromatic N) is 3. The van der Waals surface area contributed by atoms with E-state index in [4.69, 9.17) is 10.7 Å². The predicted molar refractivity (Wildman–Crippen MR) is 107 cm³/mol. The van der Waals surface area contributed by atoms with E-state index < -0.39 is 15.9 Å². The maximum absolute atomic E-state index is 13.5. The zero-order valence-corrected chi connectivity index (χ0v) is 17.6. The standard InChI is InChI=1S/C20H28F2N4O2S/c1-13(2)19-24-17-9-16(29(27,28)25-11-15(23)12-25)3-4-18(17)26(19)10-14-5-7-20(21,22)8-6-14/h3-4,9,13-15H,5-8,10-12,23H2,1-2H3. The van der Waals surface area contributed by atoms with Gasteiger partial charge in [0.1, 0.15) is 5.82 Å². The van der Waals surface area contributed by atoms with Gasteiger partial charge in [0.25, 0.3) is 0 Å². The van der Waals surface area contributed by atoms with Crippen LogP contribution in [0.2, 0.25) is 0 Å². The second-order valence-electron chi connectivity index (χ2n) is 8.77. The molecule has 2 aliphatic rings. The van der Waals surface area contributed by atoms with Gasteiger partial charge in [-0.1, -0.05) is 13.8 Å². The third-order valence-electron chi connectivity index (χ3n) is 6.06. The third-order valence-corrected chi connectivity index (χ3v) is 7.88. The van der Waals surface area contributed by atoms with E-state index in [1.807, 2.05) is 13.8 Å². The number of benzene rings is 1. The summed E-state index contributed by atoms with van der Waals surface area (Å²) in [6.07, 6.45) is 0.848. The molecule has 1 saturated heterocycles. The molecule has 0 atom stereocenters. The highest BCUT2D eigenvalue weighted by Gasteiger charge is 2.36. The van der Waals surface area contributed by atoms with Crippen LogP contribution in [0.5, 0.6) is 0 Å². The summed E-state index contributed by atoms with van der Waals surface area (Å²) in [5.41, 5.74) is 7.21. The fraction of sp³-hybridized carbons (Fsp3) is 0.650. The first kappa shape index (κ1) is 20.7. The Morgan fingerprint density at radius 1 is 1.24 bits per heavy atom. The van der Waals surface area contributed by atoms with E-state index in [1.165, 1.54) is 4.31 Å². The fourth-order valence-corrected chi connectivity index (χ4v) is 5.85. The normalized spacial score (nSPS) is 21.7. The van der Waals surface area contributed by atoms with Crippen LogP contribution in [0, 0.1) is 5.92 Å². The SMILES string of the molecule is CC(C)c1nc2cc(S(=O)(=O)N3CC(N)C3)ccc2n1CC1CCC(F)(F)CC1. The van der Waals surface area contributed by atoms with Crippen molar-refractivity contribution in [2.45, 2.75) is 68.9 Å². The number of nitrogens with two attached hydrogens (primary N) is 1. The average molecular weight is 427 g/mol. The Bertz CT molecular complexity index is 1000. The molecule has 0 unspecified atom stereocenters. The second-order valence-corrected chi connectivity index (χ2v) is 10.7. The number of fused-ring (bicyclic) bond motifs is 1. The van der Waals surface area contributed by atoms with Crippen molar-refractivity contribution in [3.63, 3.8) is 0 Å². The van der Waals surface area contributed by atoms with E-state index in [0.717, 1.165) is 11.3 Å². The van der Waals surface area contributed by atoms with Gasteiger partial charge in [-0.25, -0.2) is 22.2 Å². The van der Waals surface area contributed by atoms with Crippen molar-refractivity contribution in [2.75, 3.05) is 13.1 Å². The zero-order chi connectivity index (χ0) is 21.0. The van der Waals surface area contributed by atoms with Crippen molar-refractivity contribution in [3.8, 4) is 0 Å². The zero-order valence-electron chi connectivity index (χ0n) is 16.8. The van der Waals surface area contributed by atoms with Gasteiger partial charge in [0.05, 0.1) is 15.9 Å². The van der Waals surface area contributed by atoms with E-state index in [2.05, 4.69) is 4.57 Å². The smallest absolute Gasteiger partial charge is 0.248 e. The Morgan fingerprint density at radius 2 is 1.90 bits per heavy atom. The van der Waals surface area contributed by atoms with E-state index >= 15 is 0 Å². The van der Waals surface area contributed by atoms with Crippen molar-refractivity contribution < 1.29 is 17.2 Å². The van der Waals surface area contributed by atoms with Crippen molar-refractivity contribution in [2.24, 2.45) is 11.7 Å². The van der Waals surface area contributed by atoms with Gasteiger partial charge in [0.15, 0.2) is 0 Å². The van der Waals surface area contributed by atoms with Crippen molar-refractivity contribution in [1.82, 2.24) is 13.9 Å². The Labute approximate surface area is 170 Å². The molecule has 1 aliphatic carbocycles. The molecule has 2 fully saturated rings. The van der Waals surface area contributed by atoms with Crippen molar-refractivity contribution in [3.05, 3.63) is 24.0 Å². The summed E-state index contributed by atoms with van der Waals surface area (Å²) in [4.78, 5) is 4.92. The average Bonchev–Trinajstić information content (AvgIpc) is 2.99. The summed E-state index contributed by atoms with van der Waals surface area (Å²) in [5, 5.41) is 0. The Morgan fingerprint density at radius 3 is 2.48 bits per heavy atom. The van der Waals surface area contributed by atoms with Crippen LogP contribution in [0.1, 0.15) is 51.3 Å². The highest BCUT2D eigenvalue weighted by molar-refractivity contribution is 7.89. The molecule has 2 aromatic rings. The summed E-state index contributed by atoms with van der Waals surface area (Å²) in [5.74, 6) is -1.37. The first-order valence-electron chi connectivity index (χ1n) is 10.2. The lowest BCUT2D eigenvalue weighted by Gasteiger charge is -2.35. The van der Waals surface area contributed by atoms with Crippen molar-refractivity contribution >= 4 is 21.1 Å². The molecule has 160 valence electrons. The topological polar surface area (TPSA) is 81.2 Å². The van der Waals surface area contributed by atoms with Crippen LogP contribution in [0.3, 0.4) is 0 Å². The lowest BCUT2D eigenvalue weighted by Crippen LogP contribution is -2.57. The summed E-state index contributed by atoms with van der Waals surface area (Å²) in [6.45, 7) is 5.36. The van der Waals surface area contributed by atoms with Gasteiger partial charge in [0, 0.05) is 44.4 Å². The molecule has 2 heterocycles. The molecule has 2 N–H and O–H groups in total. The Kier molecular flexibility index (Phi) is 5.19. The van der Waals surface area contributed by atoms with E-state index in [-0.39, 0.29) is 35.6 Å². The maximum Gasteiger partial charge on any atom is 0.248 e. The number of halogens is 2. The van der Waals surface area contributed by atoms with Gasteiger partial charge >= 0.3 is 0 Å². The first-order valence-corrected chi connectivity index (χ1v) is 11.6. The highest BCUT2D eigenvalue weighted by Crippen LogP contribution is 2.38. The van der Waals surface area contributed by atoms with Crippen LogP contribution in [0.15, 0.2) is 23.1 Å². The lowest BCUT2D eigenvalue weighted by atomic mass is 9.86. The van der Waals surface area contributed by atoms with E-state index in [1.54, 1.807) is 18.2 Å². The molecule has 4 rings (SSSR count). The molecule has 6 nitrogen and oxygen atoms in total. The van der Waals surface area contributed by atoms with Gasteiger partial charge < -0.3 is 10.3 Å². The summed E-state index contributed by atoms with van der Waals surface area (Å²) in [7, 11) is -3.57. The maximum atomic E-state index is 13.5. The molecule has 1 aromatic heterocycles. The van der Waals surface area contributed by atoms with Gasteiger partial charge in [0.2, 0.25) is 15.9 Å². The van der Waals surface area contributed by atoms with Crippen LogP contribution < -0.4 is 5.73 Å². The molecule has 0 radical (unpaired) electrons. The number of rotatable bonds is 5. The number of aromatic nitrogens is 2. The quantitative estimate of drug-likeness (QED) is 0.795. The molecular formula is C20H28F2N4O2S. The molecule has 1 saturated carbocycles. The van der Waals surface area contributed by atoms with E-state index in [9.17, 15) is 17.2 Å². The van der Waals surface area contributed by atoms with Gasteiger partial charge in [-0.2, -0.15) is 4.31 Å². The molecule has 0 spiro atoms. The summed E-state index contributed by atoms with van der Waals surface area (Å²) < 4.78 is 56.0. The molecule has 1 aliphatic heterocycles. The molecular weight excluding hydrogens is 398 g/mol. The van der Waals surface area contributed by atoms with Crippen LogP contribution in [0.25, 0.3) is 11.0 Å². The molecule has 0 bridgehead atoms. The van der Waals surface area contributed by atoms with Gasteiger partial charge in [-0.15, -0.1) is 0 Å². The van der Waals surface area contributed by atoms with Crippen LogP contribution in [-0.4, -0.2) is 47.3 Å². The van der Waals surface area contributed by atoms with Crippen LogP contribution in [-0.2, 0) is 16.6 Å². The Hall–Kier alpha value is -1.58. The fourth-order valence-electron chi connectivity index (χ4n) is 4.28. The minimum Gasteiger partial charge on any atom is -0.327 e. The molecule has 1 aromatic carbocycles. The highest BCUT2D eigenvalue weighted by atomic mass is 32.2. The first-order chi connectivity index (χ1) is 13.6.